The number of carboxylic acid groups (broad SMARTS) is 2. The molecule has 2 N–H and O–H groups in total. The van der Waals surface area contributed by atoms with Crippen molar-refractivity contribution in [1.29, 1.82) is 0 Å². The first kappa shape index (κ1) is 18.8. The second-order valence-corrected chi connectivity index (χ2v) is 6.86. The van der Waals surface area contributed by atoms with Crippen molar-refractivity contribution in [2.75, 3.05) is 11.4 Å². The molecule has 1 saturated heterocycles. The van der Waals surface area contributed by atoms with E-state index in [-0.39, 0.29) is 22.2 Å². The van der Waals surface area contributed by atoms with Gasteiger partial charge in [0.05, 0.1) is 29.9 Å². The maximum Gasteiger partial charge on any atom is 0.339 e. The van der Waals surface area contributed by atoms with Gasteiger partial charge in [-0.3, -0.25) is 0 Å². The number of anilines is 1. The molecule has 1 fully saturated rings. The third-order valence-corrected chi connectivity index (χ3v) is 4.89. The van der Waals surface area contributed by atoms with Crippen LogP contribution in [-0.2, 0) is 0 Å². The number of pyridine rings is 1. The van der Waals surface area contributed by atoms with Crippen LogP contribution in [0.15, 0.2) is 42.7 Å². The van der Waals surface area contributed by atoms with Crippen LogP contribution in [0.3, 0.4) is 0 Å². The second-order valence-electron chi connectivity index (χ2n) is 6.86. The Balaban J connectivity index is 1.81. The minimum Gasteiger partial charge on any atom is -0.478 e. The number of aromatic carboxylic acids is 2. The number of benzene rings is 1. The molecule has 1 aromatic carbocycles. The van der Waals surface area contributed by atoms with Gasteiger partial charge in [-0.1, -0.05) is 0 Å². The lowest BCUT2D eigenvalue weighted by atomic mass is 10.0. The van der Waals surface area contributed by atoms with Crippen LogP contribution in [0.25, 0.3) is 5.52 Å². The molecule has 0 radical (unpaired) electrons. The summed E-state index contributed by atoms with van der Waals surface area (Å²) >= 11 is 0. The molecule has 1 aliphatic heterocycles. The summed E-state index contributed by atoms with van der Waals surface area (Å²) in [4.78, 5) is 23.9. The number of fused-ring (bicyclic) bond motifs is 1. The molecule has 1 aliphatic rings. The van der Waals surface area contributed by atoms with Crippen molar-refractivity contribution in [3.63, 3.8) is 0 Å². The first-order chi connectivity index (χ1) is 13.6. The van der Waals surface area contributed by atoms with Gasteiger partial charge in [-0.15, -0.1) is 0 Å². The fourth-order valence-corrected chi connectivity index (χ4v) is 3.63. The topological polar surface area (TPSA) is 95.1 Å². The Morgan fingerprint density at radius 3 is 2.59 bits per heavy atom. The highest BCUT2D eigenvalue weighted by molar-refractivity contribution is 5.96. The molecule has 7 nitrogen and oxygen atoms in total. The number of hydrogen-bond donors (Lipinski definition) is 2. The van der Waals surface area contributed by atoms with E-state index < -0.39 is 42.7 Å². The SMILES string of the molecule is O=C(O)c1cc(F)cc([C@H]2CC(F)(F)CN2c2ccn3ncc(C(=O)O)c3c2)c1. The maximum absolute atomic E-state index is 14.3. The van der Waals surface area contributed by atoms with Crippen LogP contribution in [0.5, 0.6) is 0 Å². The number of hydrogen-bond acceptors (Lipinski definition) is 4. The van der Waals surface area contributed by atoms with E-state index in [1.807, 2.05) is 0 Å². The fraction of sp³-hybridized carbons (Fsp3) is 0.211. The van der Waals surface area contributed by atoms with Crippen LogP contribution in [-0.4, -0.2) is 44.2 Å². The Hall–Kier alpha value is -3.56. The largest absolute Gasteiger partial charge is 0.478 e. The molecule has 3 aromatic rings. The molecule has 2 aromatic heterocycles. The van der Waals surface area contributed by atoms with Crippen LogP contribution < -0.4 is 4.90 Å². The Morgan fingerprint density at radius 1 is 1.14 bits per heavy atom. The highest BCUT2D eigenvalue weighted by Crippen LogP contribution is 2.44. The normalized spacial score (nSPS) is 18.3. The monoisotopic (exact) mass is 405 g/mol. The molecule has 0 aliphatic carbocycles. The zero-order chi connectivity index (χ0) is 20.9. The Bertz CT molecular complexity index is 1140. The van der Waals surface area contributed by atoms with Crippen LogP contribution in [0, 0.1) is 5.82 Å². The lowest BCUT2D eigenvalue weighted by molar-refractivity contribution is 0.0223. The van der Waals surface area contributed by atoms with Crippen molar-refractivity contribution >= 4 is 23.1 Å². The molecule has 150 valence electrons. The van der Waals surface area contributed by atoms with Crippen molar-refractivity contribution in [3.05, 3.63) is 65.2 Å². The predicted octanol–water partition coefficient (Wildman–Crippen LogP) is 3.46. The van der Waals surface area contributed by atoms with Crippen molar-refractivity contribution in [1.82, 2.24) is 9.61 Å². The van der Waals surface area contributed by atoms with E-state index in [0.29, 0.717) is 5.69 Å². The lowest BCUT2D eigenvalue weighted by Gasteiger charge is -2.27. The average Bonchev–Trinajstić information content (AvgIpc) is 3.21. The molecule has 4 rings (SSSR count). The van der Waals surface area contributed by atoms with Crippen molar-refractivity contribution in [2.24, 2.45) is 0 Å². The first-order valence-corrected chi connectivity index (χ1v) is 8.53. The highest BCUT2D eigenvalue weighted by Gasteiger charge is 2.46. The third kappa shape index (κ3) is 3.37. The molecule has 0 saturated carbocycles. The van der Waals surface area contributed by atoms with Gasteiger partial charge in [0.25, 0.3) is 5.92 Å². The summed E-state index contributed by atoms with van der Waals surface area (Å²) in [6.07, 6.45) is 1.97. The third-order valence-electron chi connectivity index (χ3n) is 4.89. The Morgan fingerprint density at radius 2 is 1.90 bits per heavy atom. The summed E-state index contributed by atoms with van der Waals surface area (Å²) in [5.41, 5.74) is 0.188. The highest BCUT2D eigenvalue weighted by atomic mass is 19.3. The number of rotatable bonds is 4. The van der Waals surface area contributed by atoms with Crippen molar-refractivity contribution in [3.8, 4) is 0 Å². The van der Waals surface area contributed by atoms with E-state index in [0.717, 1.165) is 18.3 Å². The Kier molecular flexibility index (Phi) is 4.21. The standard InChI is InChI=1S/C19H14F3N3O4/c20-12-4-10(3-11(5-12)17(26)27)16-7-19(21,22)9-24(16)13-1-2-25-15(6-13)14(8-23-25)18(28)29/h1-6,8,16H,7,9H2,(H,26,27)(H,28,29)/t16-/m1/s1. The molecule has 3 heterocycles. The van der Waals surface area contributed by atoms with E-state index >= 15 is 0 Å². The fourth-order valence-electron chi connectivity index (χ4n) is 3.63. The molecule has 10 heteroatoms. The van der Waals surface area contributed by atoms with Crippen LogP contribution in [0.2, 0.25) is 0 Å². The van der Waals surface area contributed by atoms with E-state index in [1.54, 1.807) is 0 Å². The Labute approximate surface area is 161 Å². The molecule has 0 unspecified atom stereocenters. The van der Waals surface area contributed by atoms with Gasteiger partial charge in [-0.05, 0) is 35.9 Å². The van der Waals surface area contributed by atoms with E-state index in [2.05, 4.69) is 5.10 Å². The maximum atomic E-state index is 14.3. The van der Waals surface area contributed by atoms with Gasteiger partial charge in [-0.25, -0.2) is 27.3 Å². The number of alkyl halides is 2. The smallest absolute Gasteiger partial charge is 0.339 e. The summed E-state index contributed by atoms with van der Waals surface area (Å²) in [6, 6.07) is 4.95. The second kappa shape index (κ2) is 6.50. The summed E-state index contributed by atoms with van der Waals surface area (Å²) in [5.74, 6) is -6.51. The first-order valence-electron chi connectivity index (χ1n) is 8.53. The predicted molar refractivity (Wildman–Crippen MR) is 95.2 cm³/mol. The summed E-state index contributed by atoms with van der Waals surface area (Å²) < 4.78 is 43.8. The molecular formula is C19H14F3N3O4. The van der Waals surface area contributed by atoms with Crippen molar-refractivity contribution in [2.45, 2.75) is 18.4 Å². The van der Waals surface area contributed by atoms with Crippen LogP contribution in [0.1, 0.15) is 38.7 Å². The quantitative estimate of drug-likeness (QED) is 0.690. The molecule has 0 amide bonds. The minimum absolute atomic E-state index is 0.0896. The summed E-state index contributed by atoms with van der Waals surface area (Å²) in [5, 5.41) is 22.3. The van der Waals surface area contributed by atoms with E-state index in [1.165, 1.54) is 33.8 Å². The number of carboxylic acids is 2. The van der Waals surface area contributed by atoms with Crippen LogP contribution in [0.4, 0.5) is 18.9 Å². The molecule has 0 bridgehead atoms. The van der Waals surface area contributed by atoms with Gasteiger partial charge >= 0.3 is 11.9 Å². The van der Waals surface area contributed by atoms with Gasteiger partial charge in [0.2, 0.25) is 0 Å². The number of aromatic nitrogens is 2. The summed E-state index contributed by atoms with van der Waals surface area (Å²) in [7, 11) is 0. The van der Waals surface area contributed by atoms with Crippen molar-refractivity contribution < 1.29 is 33.0 Å². The number of carbonyl (C=O) groups is 2. The van der Waals surface area contributed by atoms with Gasteiger partial charge < -0.3 is 15.1 Å². The van der Waals surface area contributed by atoms with Gasteiger partial charge in [0, 0.05) is 18.3 Å². The number of halogens is 3. The molecule has 0 spiro atoms. The molecular weight excluding hydrogens is 391 g/mol. The lowest BCUT2D eigenvalue weighted by Crippen LogP contribution is -2.26. The van der Waals surface area contributed by atoms with Crippen LogP contribution >= 0.6 is 0 Å². The summed E-state index contributed by atoms with van der Waals surface area (Å²) in [6.45, 7) is -0.677. The zero-order valence-electron chi connectivity index (χ0n) is 14.7. The van der Waals surface area contributed by atoms with E-state index in [9.17, 15) is 27.9 Å². The van der Waals surface area contributed by atoms with E-state index in [4.69, 9.17) is 5.11 Å². The average molecular weight is 405 g/mol. The van der Waals surface area contributed by atoms with Gasteiger partial charge in [-0.2, -0.15) is 5.10 Å². The number of nitrogens with zero attached hydrogens (tertiary/aromatic N) is 3. The minimum atomic E-state index is -3.09. The molecule has 29 heavy (non-hydrogen) atoms. The zero-order valence-corrected chi connectivity index (χ0v) is 14.7. The van der Waals surface area contributed by atoms with Gasteiger partial charge in [0.1, 0.15) is 11.4 Å². The van der Waals surface area contributed by atoms with Gasteiger partial charge in [0.15, 0.2) is 0 Å². The molecule has 1 atom stereocenters.